The van der Waals surface area contributed by atoms with Crippen LogP contribution in [0.5, 0.6) is 0 Å². The van der Waals surface area contributed by atoms with Gasteiger partial charge in [-0.15, -0.1) is 0 Å². The van der Waals surface area contributed by atoms with E-state index >= 15 is 0 Å². The molecule has 0 bridgehead atoms. The smallest absolute Gasteiger partial charge is 0.266 e. The van der Waals surface area contributed by atoms with Gasteiger partial charge >= 0.3 is 0 Å². The molecule has 6 nitrogen and oxygen atoms in total. The van der Waals surface area contributed by atoms with Crippen LogP contribution < -0.4 is 0 Å². The second-order valence-electron chi connectivity index (χ2n) is 10.1. The lowest BCUT2D eigenvalue weighted by atomic mass is 9.75. The zero-order valence-electron chi connectivity index (χ0n) is 21.7. The van der Waals surface area contributed by atoms with Crippen LogP contribution in [0.2, 0.25) is 0 Å². The van der Waals surface area contributed by atoms with Crippen LogP contribution in [0.25, 0.3) is 0 Å². The molecule has 2 aromatic rings. The molecule has 0 heterocycles. The van der Waals surface area contributed by atoms with Crippen molar-refractivity contribution in [1.29, 1.82) is 0 Å². The van der Waals surface area contributed by atoms with Gasteiger partial charge in [-0.1, -0.05) is 80.8 Å². The molecule has 0 spiro atoms. The van der Waals surface area contributed by atoms with E-state index in [-0.39, 0.29) is 34.8 Å². The van der Waals surface area contributed by atoms with Crippen LogP contribution in [-0.2, 0) is 28.6 Å². The topological polar surface area (TPSA) is 86.7 Å². The molecule has 0 radical (unpaired) electrons. The Morgan fingerprint density at radius 1 is 0.722 bits per heavy atom. The fourth-order valence-corrected chi connectivity index (χ4v) is 6.77. The summed E-state index contributed by atoms with van der Waals surface area (Å²) in [5.41, 5.74) is 1.91. The Hall–Kier alpha value is -1.74. The second kappa shape index (κ2) is 13.2. The molecule has 0 atom stereocenters. The molecule has 1 fully saturated rings. The summed E-state index contributed by atoms with van der Waals surface area (Å²) >= 11 is 0. The van der Waals surface area contributed by atoms with Crippen molar-refractivity contribution in [1.82, 2.24) is 0 Å². The number of hydrogen-bond acceptors (Lipinski definition) is 6. The first-order valence-electron chi connectivity index (χ1n) is 13.0. The van der Waals surface area contributed by atoms with Crippen molar-refractivity contribution < 1.29 is 25.2 Å². The first-order valence-corrected chi connectivity index (χ1v) is 15.8. The Balaban J connectivity index is 1.68. The lowest BCUT2D eigenvalue weighted by molar-refractivity contribution is 0.101. The highest BCUT2D eigenvalue weighted by atomic mass is 32.2. The van der Waals surface area contributed by atoms with Gasteiger partial charge in [-0.05, 0) is 62.8 Å². The third kappa shape index (κ3) is 8.40. The molecule has 3 rings (SSSR count). The largest absolute Gasteiger partial charge is 0.296 e. The van der Waals surface area contributed by atoms with E-state index in [0.717, 1.165) is 36.8 Å². The Morgan fingerprint density at radius 3 is 1.58 bits per heavy atom. The maximum atomic E-state index is 12.8. The van der Waals surface area contributed by atoms with E-state index in [0.29, 0.717) is 5.92 Å². The van der Waals surface area contributed by atoms with Crippen LogP contribution in [0, 0.1) is 31.6 Å². The van der Waals surface area contributed by atoms with E-state index in [1.54, 1.807) is 24.3 Å². The fraction of sp³-hybridized carbons (Fsp3) is 0.571. The van der Waals surface area contributed by atoms with Gasteiger partial charge < -0.3 is 0 Å². The summed E-state index contributed by atoms with van der Waals surface area (Å²) in [4.78, 5) is 0.194. The predicted octanol–water partition coefficient (Wildman–Crippen LogP) is 6.42. The van der Waals surface area contributed by atoms with Crippen LogP contribution in [0.3, 0.4) is 0 Å². The average Bonchev–Trinajstić information content (AvgIpc) is 2.85. The summed E-state index contributed by atoms with van der Waals surface area (Å²) in [6.07, 6.45) is 8.90. The van der Waals surface area contributed by atoms with Crippen LogP contribution in [0.15, 0.2) is 58.3 Å². The molecule has 0 aliphatic heterocycles. The first kappa shape index (κ1) is 28.8. The summed E-state index contributed by atoms with van der Waals surface area (Å²) < 4.78 is 62.1. The minimum atomic E-state index is -3.95. The van der Waals surface area contributed by atoms with E-state index in [1.807, 2.05) is 13.8 Å². The summed E-state index contributed by atoms with van der Waals surface area (Å²) in [7, 11) is -7.90. The van der Waals surface area contributed by atoms with Crippen molar-refractivity contribution >= 4 is 20.2 Å². The number of hydrogen-bond donors (Lipinski definition) is 0. The van der Waals surface area contributed by atoms with Crippen LogP contribution in [-0.4, -0.2) is 30.0 Å². The van der Waals surface area contributed by atoms with E-state index in [4.69, 9.17) is 8.37 Å². The molecule has 0 unspecified atom stereocenters. The standard InChI is InChI=1S/C28H40O6S2/c1-4-5-6-7-24-12-14-25(15-13-24)26(20-33-35(29,30)27-16-8-22(2)9-17-27)21-34-36(31,32)28-18-10-23(3)11-19-28/h8-11,16-19,24-26H,4-7,12-15,20-21H2,1-3H3. The number of unbranched alkanes of at least 4 members (excludes halogenated alkanes) is 2. The predicted molar refractivity (Wildman–Crippen MR) is 142 cm³/mol. The van der Waals surface area contributed by atoms with Crippen molar-refractivity contribution in [3.8, 4) is 0 Å². The van der Waals surface area contributed by atoms with Crippen LogP contribution >= 0.6 is 0 Å². The maximum Gasteiger partial charge on any atom is 0.296 e. The highest BCUT2D eigenvalue weighted by Crippen LogP contribution is 2.37. The molecular weight excluding hydrogens is 496 g/mol. The molecular formula is C28H40O6S2. The van der Waals surface area contributed by atoms with Gasteiger partial charge in [-0.25, -0.2) is 0 Å². The molecule has 36 heavy (non-hydrogen) atoms. The first-order chi connectivity index (χ1) is 17.1. The van der Waals surface area contributed by atoms with Gasteiger partial charge in [0.15, 0.2) is 0 Å². The normalized spacial score (nSPS) is 19.0. The zero-order valence-corrected chi connectivity index (χ0v) is 23.3. The molecule has 0 N–H and O–H groups in total. The van der Waals surface area contributed by atoms with E-state index < -0.39 is 20.2 Å². The van der Waals surface area contributed by atoms with Gasteiger partial charge in [0.25, 0.3) is 20.2 Å². The van der Waals surface area contributed by atoms with E-state index in [1.165, 1.54) is 49.9 Å². The summed E-state index contributed by atoms with van der Waals surface area (Å²) in [5, 5.41) is 0. The SMILES string of the molecule is CCCCCC1CCC(C(COS(=O)(=O)c2ccc(C)cc2)COS(=O)(=O)c2ccc(C)cc2)CC1. The lowest BCUT2D eigenvalue weighted by Crippen LogP contribution is -2.30. The monoisotopic (exact) mass is 536 g/mol. The van der Waals surface area contributed by atoms with Crippen LogP contribution in [0.4, 0.5) is 0 Å². The van der Waals surface area contributed by atoms with Gasteiger partial charge in [-0.3, -0.25) is 8.37 Å². The molecule has 2 aromatic carbocycles. The van der Waals surface area contributed by atoms with Gasteiger partial charge in [0.2, 0.25) is 0 Å². The molecule has 0 aromatic heterocycles. The average molecular weight is 537 g/mol. The Labute approximate surface area is 217 Å². The molecule has 0 amide bonds. The highest BCUT2D eigenvalue weighted by Gasteiger charge is 2.31. The quantitative estimate of drug-likeness (QED) is 0.217. The molecule has 1 saturated carbocycles. The van der Waals surface area contributed by atoms with Crippen LogP contribution in [0.1, 0.15) is 69.4 Å². The minimum Gasteiger partial charge on any atom is -0.266 e. The molecule has 8 heteroatoms. The summed E-state index contributed by atoms with van der Waals surface area (Å²) in [6.45, 7) is 5.77. The maximum absolute atomic E-state index is 12.8. The number of rotatable bonds is 13. The zero-order chi connectivity index (χ0) is 26.2. The minimum absolute atomic E-state index is 0.0969. The van der Waals surface area contributed by atoms with Gasteiger partial charge in [0, 0.05) is 5.92 Å². The lowest BCUT2D eigenvalue weighted by Gasteiger charge is -2.33. The highest BCUT2D eigenvalue weighted by molar-refractivity contribution is 7.87. The molecule has 200 valence electrons. The summed E-state index contributed by atoms with van der Waals surface area (Å²) in [5.74, 6) is 0.485. The van der Waals surface area contributed by atoms with Gasteiger partial charge in [-0.2, -0.15) is 16.8 Å². The molecule has 1 aliphatic carbocycles. The Bertz CT molecular complexity index is 1070. The van der Waals surface area contributed by atoms with E-state index in [9.17, 15) is 16.8 Å². The third-order valence-corrected chi connectivity index (χ3v) is 9.86. The molecule has 0 saturated heterocycles. The number of benzene rings is 2. The molecule has 1 aliphatic rings. The van der Waals surface area contributed by atoms with Crippen molar-refractivity contribution in [3.63, 3.8) is 0 Å². The van der Waals surface area contributed by atoms with E-state index in [2.05, 4.69) is 6.92 Å². The Morgan fingerprint density at radius 2 is 1.17 bits per heavy atom. The second-order valence-corrected chi connectivity index (χ2v) is 13.4. The third-order valence-electron chi connectivity index (χ3n) is 7.27. The summed E-state index contributed by atoms with van der Waals surface area (Å²) in [6, 6.07) is 13.0. The number of aryl methyl sites for hydroxylation is 2. The fourth-order valence-electron chi connectivity index (χ4n) is 4.85. The van der Waals surface area contributed by atoms with Crippen molar-refractivity contribution in [2.24, 2.45) is 17.8 Å². The van der Waals surface area contributed by atoms with Gasteiger partial charge in [0.05, 0.1) is 23.0 Å². The van der Waals surface area contributed by atoms with Crippen molar-refractivity contribution in [3.05, 3.63) is 59.7 Å². The van der Waals surface area contributed by atoms with Crippen molar-refractivity contribution in [2.45, 2.75) is 81.9 Å². The van der Waals surface area contributed by atoms with Gasteiger partial charge in [0.1, 0.15) is 0 Å². The van der Waals surface area contributed by atoms with Crippen molar-refractivity contribution in [2.75, 3.05) is 13.2 Å². The Kier molecular flexibility index (Phi) is 10.5.